The number of nitrogens with zero attached hydrogens (tertiary/aromatic N) is 5. The van der Waals surface area contributed by atoms with Gasteiger partial charge in [0.2, 0.25) is 5.95 Å². The van der Waals surface area contributed by atoms with E-state index in [4.69, 9.17) is 21.6 Å². The monoisotopic (exact) mass is 477 g/mol. The van der Waals surface area contributed by atoms with Crippen LogP contribution in [0.1, 0.15) is 0 Å². The van der Waals surface area contributed by atoms with Gasteiger partial charge in [-0.15, -0.1) is 0 Å². The molecule has 6 rings (SSSR count). The molecule has 1 fully saturated rings. The summed E-state index contributed by atoms with van der Waals surface area (Å²) in [4.78, 5) is 19.2. The van der Waals surface area contributed by atoms with Crippen molar-refractivity contribution in [2.75, 3.05) is 36.0 Å². The minimum Gasteiger partial charge on any atom is -0.367 e. The van der Waals surface area contributed by atoms with Crippen LogP contribution in [0.4, 0.5) is 11.6 Å². The average Bonchev–Trinajstić information content (AvgIpc) is 2.93. The lowest BCUT2D eigenvalue weighted by atomic mass is 10.1. The lowest BCUT2D eigenvalue weighted by Crippen LogP contribution is -2.47. The summed E-state index contributed by atoms with van der Waals surface area (Å²) in [6.45, 7) is 3.43. The van der Waals surface area contributed by atoms with E-state index in [0.29, 0.717) is 5.02 Å². The van der Waals surface area contributed by atoms with Crippen molar-refractivity contribution in [3.63, 3.8) is 0 Å². The zero-order valence-corrected chi connectivity index (χ0v) is 19.9. The highest BCUT2D eigenvalue weighted by atomic mass is 35.5. The predicted molar refractivity (Wildman–Crippen MR) is 144 cm³/mol. The number of anilines is 2. The van der Waals surface area contributed by atoms with Crippen molar-refractivity contribution >= 4 is 34.1 Å². The van der Waals surface area contributed by atoms with Gasteiger partial charge in [-0.2, -0.15) is 0 Å². The van der Waals surface area contributed by atoms with E-state index in [0.717, 1.165) is 65.5 Å². The Morgan fingerprint density at radius 3 is 1.86 bits per heavy atom. The summed E-state index contributed by atoms with van der Waals surface area (Å²) in [6, 6.07) is 30.7. The molecule has 0 aliphatic carbocycles. The van der Waals surface area contributed by atoms with Crippen molar-refractivity contribution in [1.29, 1.82) is 0 Å². The van der Waals surface area contributed by atoms with Gasteiger partial charge in [0.15, 0.2) is 0 Å². The third-order valence-electron chi connectivity index (χ3n) is 6.44. The van der Waals surface area contributed by atoms with Crippen molar-refractivity contribution in [3.05, 3.63) is 102 Å². The van der Waals surface area contributed by atoms with Crippen molar-refractivity contribution in [2.45, 2.75) is 0 Å². The van der Waals surface area contributed by atoms with Gasteiger partial charge >= 0.3 is 0 Å². The fourth-order valence-corrected chi connectivity index (χ4v) is 4.79. The maximum absolute atomic E-state index is 6.18. The number of fused-ring (bicyclic) bond motifs is 1. The van der Waals surface area contributed by atoms with Gasteiger partial charge < -0.3 is 9.80 Å². The molecule has 3 heterocycles. The molecule has 35 heavy (non-hydrogen) atoms. The van der Waals surface area contributed by atoms with Crippen LogP contribution in [0.25, 0.3) is 33.4 Å². The molecule has 1 aliphatic heterocycles. The topological polar surface area (TPSA) is 45.2 Å². The van der Waals surface area contributed by atoms with E-state index in [2.05, 4.69) is 57.2 Å². The Hall–Kier alpha value is -3.96. The average molecular weight is 478 g/mol. The molecule has 5 nitrogen and oxygen atoms in total. The summed E-state index contributed by atoms with van der Waals surface area (Å²) >= 11 is 6.18. The zero-order valence-electron chi connectivity index (χ0n) is 19.2. The Labute approximate surface area is 209 Å². The van der Waals surface area contributed by atoms with Crippen LogP contribution >= 0.6 is 11.6 Å². The van der Waals surface area contributed by atoms with Gasteiger partial charge in [-0.3, -0.25) is 4.98 Å². The Morgan fingerprint density at radius 2 is 1.23 bits per heavy atom. The highest BCUT2D eigenvalue weighted by Gasteiger charge is 2.22. The zero-order chi connectivity index (χ0) is 23.6. The van der Waals surface area contributed by atoms with Crippen molar-refractivity contribution < 1.29 is 0 Å². The first-order valence-electron chi connectivity index (χ1n) is 11.8. The van der Waals surface area contributed by atoms with Crippen LogP contribution in [0.15, 0.2) is 97.2 Å². The summed E-state index contributed by atoms with van der Waals surface area (Å²) in [7, 11) is 0. The fourth-order valence-electron chi connectivity index (χ4n) is 4.62. The summed E-state index contributed by atoms with van der Waals surface area (Å²) < 4.78 is 0. The Kier molecular flexibility index (Phi) is 5.76. The standard InChI is InChI=1S/C29H24ClN5/c30-23-11-12-24-27(19-23)31-14-13-28(24)34-15-17-35(18-16-34)29-32-25(21-7-3-1-4-8-21)20-26(33-29)22-9-5-2-6-10-22/h1-14,19-20H,15-18H2. The molecule has 3 aromatic carbocycles. The lowest BCUT2D eigenvalue weighted by molar-refractivity contribution is 0.642. The molecule has 0 radical (unpaired) electrons. The summed E-state index contributed by atoms with van der Waals surface area (Å²) in [5.41, 5.74) is 6.17. The van der Waals surface area contributed by atoms with Crippen LogP contribution in [0, 0.1) is 0 Å². The van der Waals surface area contributed by atoms with Crippen molar-refractivity contribution in [3.8, 4) is 22.5 Å². The molecule has 0 N–H and O–H groups in total. The number of rotatable bonds is 4. The first kappa shape index (κ1) is 21.6. The molecular formula is C29H24ClN5. The molecule has 0 bridgehead atoms. The minimum atomic E-state index is 0.705. The van der Waals surface area contributed by atoms with Crippen molar-refractivity contribution in [1.82, 2.24) is 15.0 Å². The van der Waals surface area contributed by atoms with E-state index in [1.54, 1.807) is 0 Å². The van der Waals surface area contributed by atoms with Crippen LogP contribution in [0.5, 0.6) is 0 Å². The van der Waals surface area contributed by atoms with Gasteiger partial charge in [-0.05, 0) is 30.3 Å². The normalized spacial score (nSPS) is 13.9. The second-order valence-electron chi connectivity index (χ2n) is 8.64. The molecular weight excluding hydrogens is 454 g/mol. The van der Waals surface area contributed by atoms with E-state index in [1.807, 2.05) is 54.7 Å². The molecule has 0 unspecified atom stereocenters. The molecule has 6 heteroatoms. The summed E-state index contributed by atoms with van der Waals surface area (Å²) in [5, 5.41) is 1.83. The van der Waals surface area contributed by atoms with Crippen LogP contribution in [0.2, 0.25) is 5.02 Å². The van der Waals surface area contributed by atoms with Gasteiger partial charge in [0.1, 0.15) is 0 Å². The van der Waals surface area contributed by atoms with Crippen molar-refractivity contribution in [2.24, 2.45) is 0 Å². The second-order valence-corrected chi connectivity index (χ2v) is 9.07. The maximum atomic E-state index is 6.18. The molecule has 0 spiro atoms. The lowest BCUT2D eigenvalue weighted by Gasteiger charge is -2.36. The van der Waals surface area contributed by atoms with E-state index in [9.17, 15) is 0 Å². The molecule has 2 aromatic heterocycles. The number of hydrogen-bond acceptors (Lipinski definition) is 5. The van der Waals surface area contributed by atoms with Gasteiger partial charge in [-0.1, -0.05) is 72.3 Å². The highest BCUT2D eigenvalue weighted by Crippen LogP contribution is 2.30. The molecule has 0 saturated carbocycles. The minimum absolute atomic E-state index is 0.705. The Balaban J connectivity index is 1.30. The van der Waals surface area contributed by atoms with E-state index < -0.39 is 0 Å². The Morgan fingerprint density at radius 1 is 0.629 bits per heavy atom. The third kappa shape index (κ3) is 4.43. The van der Waals surface area contributed by atoms with Crippen LogP contribution in [-0.4, -0.2) is 41.1 Å². The SMILES string of the molecule is Clc1ccc2c(N3CCN(c4nc(-c5ccccc5)cc(-c5ccccc5)n4)CC3)ccnc2c1. The summed E-state index contributed by atoms with van der Waals surface area (Å²) in [5.74, 6) is 0.774. The van der Waals surface area contributed by atoms with Crippen LogP contribution < -0.4 is 9.80 Å². The quantitative estimate of drug-likeness (QED) is 0.302. The number of hydrogen-bond donors (Lipinski definition) is 0. The van der Waals surface area contributed by atoms with Gasteiger partial charge in [0.05, 0.1) is 16.9 Å². The largest absolute Gasteiger partial charge is 0.367 e. The number of pyridine rings is 1. The first-order valence-corrected chi connectivity index (χ1v) is 12.2. The third-order valence-corrected chi connectivity index (χ3v) is 6.67. The van der Waals surface area contributed by atoms with E-state index in [-0.39, 0.29) is 0 Å². The van der Waals surface area contributed by atoms with E-state index >= 15 is 0 Å². The predicted octanol–water partition coefficient (Wildman–Crippen LogP) is 6.34. The van der Waals surface area contributed by atoms with Crippen LogP contribution in [0.3, 0.4) is 0 Å². The molecule has 172 valence electrons. The van der Waals surface area contributed by atoms with Gasteiger partial charge in [0, 0.05) is 59.6 Å². The second kappa shape index (κ2) is 9.35. The molecule has 5 aromatic rings. The summed E-state index contributed by atoms with van der Waals surface area (Å²) in [6.07, 6.45) is 1.86. The maximum Gasteiger partial charge on any atom is 0.226 e. The molecule has 0 atom stereocenters. The smallest absolute Gasteiger partial charge is 0.226 e. The van der Waals surface area contributed by atoms with Gasteiger partial charge in [-0.25, -0.2) is 9.97 Å². The number of aromatic nitrogens is 3. The van der Waals surface area contributed by atoms with E-state index in [1.165, 1.54) is 5.69 Å². The number of piperazine rings is 1. The molecule has 1 aliphatic rings. The fraction of sp³-hybridized carbons (Fsp3) is 0.138. The first-order chi connectivity index (χ1) is 17.2. The van der Waals surface area contributed by atoms with Crippen LogP contribution in [-0.2, 0) is 0 Å². The number of halogens is 1. The molecule has 1 saturated heterocycles. The highest BCUT2D eigenvalue weighted by molar-refractivity contribution is 6.31. The Bertz CT molecular complexity index is 1410. The van der Waals surface area contributed by atoms with Gasteiger partial charge in [0.25, 0.3) is 0 Å². The number of benzene rings is 3. The molecule has 0 amide bonds.